The molecule has 0 bridgehead atoms. The van der Waals surface area contributed by atoms with E-state index < -0.39 is 0 Å². The van der Waals surface area contributed by atoms with Gasteiger partial charge in [0.25, 0.3) is 0 Å². The minimum atomic E-state index is -0.0919. The van der Waals surface area contributed by atoms with Gasteiger partial charge in [0, 0.05) is 0 Å². The maximum absolute atomic E-state index is 10.1. The van der Waals surface area contributed by atoms with Gasteiger partial charge in [-0.25, -0.2) is 0 Å². The molecule has 2 aromatic rings. The highest BCUT2D eigenvalue weighted by Gasteiger charge is 2.14. The van der Waals surface area contributed by atoms with Crippen molar-refractivity contribution < 1.29 is 14.9 Å². The van der Waals surface area contributed by atoms with E-state index in [1.165, 1.54) is 0 Å². The Balaban J connectivity index is 2.56. The van der Waals surface area contributed by atoms with Crippen molar-refractivity contribution in [2.24, 2.45) is 0 Å². The van der Waals surface area contributed by atoms with Gasteiger partial charge in [-0.3, -0.25) is 0 Å². The van der Waals surface area contributed by atoms with Gasteiger partial charge in [0.05, 0.1) is 12.2 Å². The molecule has 2 N–H and O–H groups in total. The molecule has 0 saturated carbocycles. The number of rotatable bonds is 5. The van der Waals surface area contributed by atoms with Crippen LogP contribution in [-0.4, -0.2) is 16.8 Å². The molecule has 0 amide bonds. The quantitative estimate of drug-likeness (QED) is 0.808. The van der Waals surface area contributed by atoms with Crippen LogP contribution in [0.4, 0.5) is 0 Å². The second-order valence-electron chi connectivity index (χ2n) is 4.07. The lowest BCUT2D eigenvalue weighted by atomic mass is 9.98. The summed E-state index contributed by atoms with van der Waals surface area (Å²) in [7, 11) is 0. The molecule has 0 heterocycles. The first-order valence-electron chi connectivity index (χ1n) is 6.02. The zero-order valence-electron chi connectivity index (χ0n) is 10.5. The molecule has 0 fully saturated rings. The van der Waals surface area contributed by atoms with Gasteiger partial charge < -0.3 is 14.9 Å². The molecule has 0 aliphatic heterocycles. The third kappa shape index (κ3) is 2.77. The normalized spacial score (nSPS) is 10.2. The minimum Gasteiger partial charge on any atom is -0.507 e. The van der Waals surface area contributed by atoms with Crippen LogP contribution in [0.25, 0.3) is 11.1 Å². The van der Waals surface area contributed by atoms with E-state index in [0.29, 0.717) is 17.9 Å². The number of aromatic hydroxyl groups is 1. The molecule has 0 atom stereocenters. The second kappa shape index (κ2) is 6.07. The predicted octanol–water partition coefficient (Wildman–Crippen LogP) is 3.12. The molecule has 0 aromatic heterocycles. The standard InChI is InChI=1S/C16H16O3/c1-2-10-19-15-9-5-8-14(18)16(15)13-7-4-3-6-12(13)11-17/h2-9,17-18H,1,10-11H2. The molecule has 0 aliphatic carbocycles. The van der Waals surface area contributed by atoms with Crippen LogP contribution >= 0.6 is 0 Å². The lowest BCUT2D eigenvalue weighted by Crippen LogP contribution is -1.97. The number of hydrogen-bond donors (Lipinski definition) is 2. The van der Waals surface area contributed by atoms with Crippen molar-refractivity contribution in [2.45, 2.75) is 6.61 Å². The van der Waals surface area contributed by atoms with Crippen molar-refractivity contribution in [1.29, 1.82) is 0 Å². The third-order valence-corrected chi connectivity index (χ3v) is 2.82. The van der Waals surface area contributed by atoms with Gasteiger partial charge in [-0.2, -0.15) is 0 Å². The molecule has 0 radical (unpaired) electrons. The van der Waals surface area contributed by atoms with Crippen LogP contribution in [0, 0.1) is 0 Å². The summed E-state index contributed by atoms with van der Waals surface area (Å²) < 4.78 is 5.56. The molecular formula is C16H16O3. The Kier molecular flexibility index (Phi) is 4.21. The summed E-state index contributed by atoms with van der Waals surface area (Å²) in [6, 6.07) is 12.5. The maximum Gasteiger partial charge on any atom is 0.131 e. The van der Waals surface area contributed by atoms with E-state index in [4.69, 9.17) is 4.74 Å². The highest BCUT2D eigenvalue weighted by molar-refractivity contribution is 5.78. The fourth-order valence-electron chi connectivity index (χ4n) is 1.96. The van der Waals surface area contributed by atoms with Crippen LogP contribution in [0.5, 0.6) is 11.5 Å². The zero-order chi connectivity index (χ0) is 13.7. The van der Waals surface area contributed by atoms with E-state index in [0.717, 1.165) is 11.1 Å². The largest absolute Gasteiger partial charge is 0.507 e. The summed E-state index contributed by atoms with van der Waals surface area (Å²) >= 11 is 0. The molecule has 2 aromatic carbocycles. The van der Waals surface area contributed by atoms with Crippen LogP contribution in [0.15, 0.2) is 55.1 Å². The Morgan fingerprint density at radius 1 is 1.11 bits per heavy atom. The highest BCUT2D eigenvalue weighted by Crippen LogP contribution is 2.39. The average molecular weight is 256 g/mol. The molecule has 3 nitrogen and oxygen atoms in total. The van der Waals surface area contributed by atoms with Gasteiger partial charge >= 0.3 is 0 Å². The number of hydrogen-bond acceptors (Lipinski definition) is 3. The first-order chi connectivity index (χ1) is 9.27. The van der Waals surface area contributed by atoms with Crippen molar-refractivity contribution in [3.05, 3.63) is 60.7 Å². The first kappa shape index (κ1) is 13.2. The van der Waals surface area contributed by atoms with E-state index in [9.17, 15) is 10.2 Å². The summed E-state index contributed by atoms with van der Waals surface area (Å²) in [5.41, 5.74) is 2.10. The summed E-state index contributed by atoms with van der Waals surface area (Å²) in [5.74, 6) is 0.697. The first-order valence-corrected chi connectivity index (χ1v) is 6.02. The van der Waals surface area contributed by atoms with Crippen LogP contribution < -0.4 is 4.74 Å². The number of benzene rings is 2. The molecule has 3 heteroatoms. The van der Waals surface area contributed by atoms with E-state index in [-0.39, 0.29) is 12.4 Å². The van der Waals surface area contributed by atoms with Crippen LogP contribution in [0.1, 0.15) is 5.56 Å². The number of aliphatic hydroxyl groups excluding tert-OH is 1. The van der Waals surface area contributed by atoms with Crippen molar-refractivity contribution >= 4 is 0 Å². The van der Waals surface area contributed by atoms with Crippen LogP contribution in [-0.2, 0) is 6.61 Å². The average Bonchev–Trinajstić information content (AvgIpc) is 2.45. The van der Waals surface area contributed by atoms with Crippen LogP contribution in [0.3, 0.4) is 0 Å². The van der Waals surface area contributed by atoms with Crippen molar-refractivity contribution in [3.63, 3.8) is 0 Å². The summed E-state index contributed by atoms with van der Waals surface area (Å²) in [6.45, 7) is 3.87. The Morgan fingerprint density at radius 3 is 2.63 bits per heavy atom. The van der Waals surface area contributed by atoms with E-state index >= 15 is 0 Å². The fourth-order valence-corrected chi connectivity index (χ4v) is 1.96. The summed E-state index contributed by atoms with van der Waals surface area (Å²) in [6.07, 6.45) is 1.64. The summed E-state index contributed by atoms with van der Waals surface area (Å²) in [5, 5.41) is 19.5. The van der Waals surface area contributed by atoms with Gasteiger partial charge in [-0.15, -0.1) is 0 Å². The van der Waals surface area contributed by atoms with E-state index in [1.54, 1.807) is 24.3 Å². The van der Waals surface area contributed by atoms with Gasteiger partial charge in [0.1, 0.15) is 18.1 Å². The number of aliphatic hydroxyl groups is 1. The fraction of sp³-hybridized carbons (Fsp3) is 0.125. The zero-order valence-corrected chi connectivity index (χ0v) is 10.5. The smallest absolute Gasteiger partial charge is 0.131 e. The topological polar surface area (TPSA) is 49.7 Å². The lowest BCUT2D eigenvalue weighted by Gasteiger charge is -2.14. The monoisotopic (exact) mass is 256 g/mol. The molecular weight excluding hydrogens is 240 g/mol. The molecule has 0 spiro atoms. The molecule has 0 aliphatic rings. The van der Waals surface area contributed by atoms with Crippen molar-refractivity contribution in [3.8, 4) is 22.6 Å². The Hall–Kier alpha value is -2.26. The molecule has 0 saturated heterocycles. The van der Waals surface area contributed by atoms with E-state index in [1.807, 2.05) is 24.3 Å². The minimum absolute atomic E-state index is 0.0919. The predicted molar refractivity (Wildman–Crippen MR) is 75.2 cm³/mol. The Labute approximate surface area is 112 Å². The van der Waals surface area contributed by atoms with Crippen molar-refractivity contribution in [2.75, 3.05) is 6.61 Å². The second-order valence-corrected chi connectivity index (χ2v) is 4.07. The molecule has 2 rings (SSSR count). The van der Waals surface area contributed by atoms with Gasteiger partial charge in [-0.05, 0) is 23.3 Å². The number of phenolic OH excluding ortho intramolecular Hbond substituents is 1. The number of ether oxygens (including phenoxy) is 1. The third-order valence-electron chi connectivity index (χ3n) is 2.82. The maximum atomic E-state index is 10.1. The lowest BCUT2D eigenvalue weighted by molar-refractivity contribution is 0.282. The Bertz CT molecular complexity index is 576. The summed E-state index contributed by atoms with van der Waals surface area (Å²) in [4.78, 5) is 0. The molecule has 0 unspecified atom stereocenters. The molecule has 19 heavy (non-hydrogen) atoms. The Morgan fingerprint density at radius 2 is 1.89 bits per heavy atom. The SMILES string of the molecule is C=CCOc1cccc(O)c1-c1ccccc1CO. The van der Waals surface area contributed by atoms with Crippen molar-refractivity contribution in [1.82, 2.24) is 0 Å². The molecule has 98 valence electrons. The number of phenols is 1. The van der Waals surface area contributed by atoms with E-state index in [2.05, 4.69) is 6.58 Å². The van der Waals surface area contributed by atoms with Gasteiger partial charge in [-0.1, -0.05) is 43.0 Å². The van der Waals surface area contributed by atoms with Gasteiger partial charge in [0.15, 0.2) is 0 Å². The van der Waals surface area contributed by atoms with Gasteiger partial charge in [0.2, 0.25) is 0 Å². The van der Waals surface area contributed by atoms with Crippen LogP contribution in [0.2, 0.25) is 0 Å². The highest BCUT2D eigenvalue weighted by atomic mass is 16.5.